The quantitative estimate of drug-likeness (QED) is 0.321. The van der Waals surface area contributed by atoms with E-state index in [0.717, 1.165) is 36.5 Å². The van der Waals surface area contributed by atoms with Crippen LogP contribution in [0.3, 0.4) is 0 Å². The Kier molecular flexibility index (Phi) is 7.31. The number of aryl methyl sites for hydroxylation is 1. The van der Waals surface area contributed by atoms with Gasteiger partial charge in [0.2, 0.25) is 0 Å². The zero-order valence-corrected chi connectivity index (χ0v) is 18.7. The molecular weight excluding hydrogens is 364 g/mol. The maximum absolute atomic E-state index is 5.87. The molecule has 4 rings (SSSR count). The average Bonchev–Trinajstić information content (AvgIpc) is 2.81. The number of hydrogen-bond acceptors (Lipinski definition) is 1. The van der Waals surface area contributed by atoms with E-state index in [2.05, 4.69) is 62.0 Å². The minimum absolute atomic E-state index is 0.771. The van der Waals surface area contributed by atoms with Crippen LogP contribution in [0.25, 0.3) is 11.1 Å². The summed E-state index contributed by atoms with van der Waals surface area (Å²) in [5.41, 5.74) is 5.81. The Labute approximate surface area is 183 Å². The molecule has 30 heavy (non-hydrogen) atoms. The third-order valence-corrected chi connectivity index (χ3v) is 7.49. The number of unbranched alkanes of at least 4 members (excludes halogenated alkanes) is 2. The summed E-state index contributed by atoms with van der Waals surface area (Å²) < 4.78 is 5.87. The lowest BCUT2D eigenvalue weighted by atomic mass is 9.69. The van der Waals surface area contributed by atoms with Crippen molar-refractivity contribution >= 4 is 0 Å². The van der Waals surface area contributed by atoms with Gasteiger partial charge in [0.25, 0.3) is 0 Å². The Bertz CT molecular complexity index is 811. The fraction of sp³-hybridized carbons (Fsp3) is 0.517. The first kappa shape index (κ1) is 21.2. The molecule has 0 bridgehead atoms. The normalized spacial score (nSPS) is 23.6. The molecule has 0 aliphatic heterocycles. The second-order valence-electron chi connectivity index (χ2n) is 9.48. The lowest BCUT2D eigenvalue weighted by molar-refractivity contribution is 0.206. The smallest absolute Gasteiger partial charge is 0.119 e. The van der Waals surface area contributed by atoms with Crippen LogP contribution in [0.1, 0.15) is 69.4 Å². The minimum Gasteiger partial charge on any atom is -0.494 e. The monoisotopic (exact) mass is 402 g/mol. The van der Waals surface area contributed by atoms with Gasteiger partial charge in [-0.1, -0.05) is 56.2 Å². The van der Waals surface area contributed by atoms with Gasteiger partial charge in [-0.05, 0) is 104 Å². The first-order valence-corrected chi connectivity index (χ1v) is 12.2. The van der Waals surface area contributed by atoms with Gasteiger partial charge in [0.05, 0.1) is 6.61 Å². The van der Waals surface area contributed by atoms with Gasteiger partial charge in [0.1, 0.15) is 5.75 Å². The number of fused-ring (bicyclic) bond motifs is 1. The van der Waals surface area contributed by atoms with Crippen LogP contribution >= 0.6 is 0 Å². The zero-order valence-electron chi connectivity index (χ0n) is 18.7. The second kappa shape index (κ2) is 10.3. The molecule has 2 aliphatic rings. The molecule has 0 saturated heterocycles. The zero-order chi connectivity index (χ0) is 20.8. The standard InChI is InChI=1S/C29H38O/c1-3-5-6-19-30-29-17-15-24(16-18-29)26-12-14-27-20-25(11-13-28(27)21-26)23-9-7-22(4-2)8-10-23/h4,12,14-18,21-23,25H,2-3,5-11,13,19-20H2,1H3. The SMILES string of the molecule is C=CC1CCC(C2CCc3cc(-c4ccc(OCCCCC)cc4)ccc3C2)CC1. The molecule has 160 valence electrons. The summed E-state index contributed by atoms with van der Waals surface area (Å²) in [5, 5.41) is 0. The topological polar surface area (TPSA) is 9.23 Å². The average molecular weight is 403 g/mol. The Morgan fingerprint density at radius 1 is 0.867 bits per heavy atom. The van der Waals surface area contributed by atoms with Crippen molar-refractivity contribution in [3.05, 3.63) is 66.2 Å². The van der Waals surface area contributed by atoms with Crippen LogP contribution in [0, 0.1) is 17.8 Å². The summed E-state index contributed by atoms with van der Waals surface area (Å²) in [6, 6.07) is 15.8. The van der Waals surface area contributed by atoms with Crippen LogP contribution in [0.5, 0.6) is 5.75 Å². The lowest BCUT2D eigenvalue weighted by Crippen LogP contribution is -2.26. The van der Waals surface area contributed by atoms with Gasteiger partial charge in [0.15, 0.2) is 0 Å². The molecule has 0 heterocycles. The predicted octanol–water partition coefficient (Wildman–Crippen LogP) is 8.02. The Hall–Kier alpha value is -2.02. The molecule has 1 saturated carbocycles. The number of allylic oxidation sites excluding steroid dienone is 1. The van der Waals surface area contributed by atoms with Crippen LogP contribution in [-0.2, 0) is 12.8 Å². The van der Waals surface area contributed by atoms with Crippen LogP contribution in [-0.4, -0.2) is 6.61 Å². The Balaban J connectivity index is 1.36. The number of ether oxygens (including phenoxy) is 1. The van der Waals surface area contributed by atoms with E-state index in [9.17, 15) is 0 Å². The van der Waals surface area contributed by atoms with E-state index in [-0.39, 0.29) is 0 Å². The maximum atomic E-state index is 5.87. The van der Waals surface area contributed by atoms with Gasteiger partial charge in [-0.3, -0.25) is 0 Å². The molecule has 1 heteroatoms. The lowest BCUT2D eigenvalue weighted by Gasteiger charge is -2.36. The van der Waals surface area contributed by atoms with Crippen LogP contribution in [0.15, 0.2) is 55.1 Å². The molecule has 0 spiro atoms. The second-order valence-corrected chi connectivity index (χ2v) is 9.48. The molecule has 1 fully saturated rings. The first-order valence-electron chi connectivity index (χ1n) is 12.2. The van der Waals surface area contributed by atoms with E-state index >= 15 is 0 Å². The van der Waals surface area contributed by atoms with Crippen molar-refractivity contribution in [3.8, 4) is 16.9 Å². The van der Waals surface area contributed by atoms with Crippen LogP contribution < -0.4 is 4.74 Å². The predicted molar refractivity (Wildman–Crippen MR) is 128 cm³/mol. The number of rotatable bonds is 8. The van der Waals surface area contributed by atoms with E-state index < -0.39 is 0 Å². The molecule has 2 aromatic rings. The molecule has 1 nitrogen and oxygen atoms in total. The molecule has 0 amide bonds. The molecule has 0 radical (unpaired) electrons. The van der Waals surface area contributed by atoms with Crippen molar-refractivity contribution in [1.29, 1.82) is 0 Å². The van der Waals surface area contributed by atoms with Crippen molar-refractivity contribution in [2.24, 2.45) is 17.8 Å². The molecule has 2 aromatic carbocycles. The summed E-state index contributed by atoms with van der Waals surface area (Å²) >= 11 is 0. The highest BCUT2D eigenvalue weighted by atomic mass is 16.5. The summed E-state index contributed by atoms with van der Waals surface area (Å²) in [7, 11) is 0. The summed E-state index contributed by atoms with van der Waals surface area (Å²) in [6.07, 6.45) is 15.2. The van der Waals surface area contributed by atoms with Gasteiger partial charge in [-0.25, -0.2) is 0 Å². The van der Waals surface area contributed by atoms with Gasteiger partial charge >= 0.3 is 0 Å². The highest BCUT2D eigenvalue weighted by Crippen LogP contribution is 2.40. The van der Waals surface area contributed by atoms with Crippen molar-refractivity contribution < 1.29 is 4.74 Å². The fourth-order valence-corrected chi connectivity index (χ4v) is 5.50. The largest absolute Gasteiger partial charge is 0.494 e. The molecule has 1 atom stereocenters. The summed E-state index contributed by atoms with van der Waals surface area (Å²) in [6.45, 7) is 7.05. The van der Waals surface area contributed by atoms with E-state index in [1.807, 2.05) is 0 Å². The molecule has 1 unspecified atom stereocenters. The highest BCUT2D eigenvalue weighted by Gasteiger charge is 2.29. The molecule has 0 N–H and O–H groups in total. The maximum Gasteiger partial charge on any atom is 0.119 e. The van der Waals surface area contributed by atoms with Crippen molar-refractivity contribution in [2.75, 3.05) is 6.61 Å². The van der Waals surface area contributed by atoms with Gasteiger partial charge in [-0.15, -0.1) is 6.58 Å². The Morgan fingerprint density at radius 3 is 2.37 bits per heavy atom. The van der Waals surface area contributed by atoms with Crippen molar-refractivity contribution in [1.82, 2.24) is 0 Å². The number of hydrogen-bond donors (Lipinski definition) is 0. The van der Waals surface area contributed by atoms with Gasteiger partial charge in [0, 0.05) is 0 Å². The number of benzene rings is 2. The van der Waals surface area contributed by atoms with Crippen LogP contribution in [0.2, 0.25) is 0 Å². The summed E-state index contributed by atoms with van der Waals surface area (Å²) in [4.78, 5) is 0. The summed E-state index contributed by atoms with van der Waals surface area (Å²) in [5.74, 6) is 3.58. The molecular formula is C29H38O. The van der Waals surface area contributed by atoms with Crippen molar-refractivity contribution in [3.63, 3.8) is 0 Å². The Morgan fingerprint density at radius 2 is 1.63 bits per heavy atom. The first-order chi connectivity index (χ1) is 14.8. The van der Waals surface area contributed by atoms with E-state index in [1.54, 1.807) is 11.1 Å². The third kappa shape index (κ3) is 5.17. The van der Waals surface area contributed by atoms with Crippen molar-refractivity contribution in [2.45, 2.75) is 71.1 Å². The van der Waals surface area contributed by atoms with Gasteiger partial charge < -0.3 is 4.74 Å². The van der Waals surface area contributed by atoms with E-state index in [0.29, 0.717) is 0 Å². The third-order valence-electron chi connectivity index (χ3n) is 7.49. The molecule has 0 aromatic heterocycles. The molecule has 2 aliphatic carbocycles. The van der Waals surface area contributed by atoms with E-state index in [4.69, 9.17) is 4.74 Å². The van der Waals surface area contributed by atoms with Crippen LogP contribution in [0.4, 0.5) is 0 Å². The highest BCUT2D eigenvalue weighted by molar-refractivity contribution is 5.66. The minimum atomic E-state index is 0.771. The fourth-order valence-electron chi connectivity index (χ4n) is 5.50. The van der Waals surface area contributed by atoms with Gasteiger partial charge in [-0.2, -0.15) is 0 Å². The van der Waals surface area contributed by atoms with E-state index in [1.165, 1.54) is 68.9 Å².